The molecule has 2 aromatic rings. The van der Waals surface area contributed by atoms with Crippen LogP contribution in [0, 0.1) is 0 Å². The van der Waals surface area contributed by atoms with Gasteiger partial charge in [-0.2, -0.15) is 4.72 Å². The molecule has 0 heterocycles. The number of hydrogen-bond acceptors (Lipinski definition) is 5. The van der Waals surface area contributed by atoms with E-state index in [4.69, 9.17) is 16.3 Å². The SMILES string of the molecule is CC(C)(C)OC(=O)CNS(=O)(=O)c1ccc(CNC(=O)c2ccc(Cl)cc2)cc1. The smallest absolute Gasteiger partial charge is 0.321 e. The Kier molecular flexibility index (Phi) is 7.40. The van der Waals surface area contributed by atoms with Crippen molar-refractivity contribution in [3.8, 4) is 0 Å². The molecule has 2 rings (SSSR count). The second-order valence-electron chi connectivity index (χ2n) is 7.24. The lowest BCUT2D eigenvalue weighted by Crippen LogP contribution is -2.34. The van der Waals surface area contributed by atoms with E-state index in [1.165, 1.54) is 12.1 Å². The van der Waals surface area contributed by atoms with Crippen LogP contribution in [0.15, 0.2) is 53.4 Å². The number of carbonyl (C=O) groups is 2. The highest BCUT2D eigenvalue weighted by atomic mass is 35.5. The second-order valence-corrected chi connectivity index (χ2v) is 9.45. The van der Waals surface area contributed by atoms with Gasteiger partial charge >= 0.3 is 5.97 Å². The van der Waals surface area contributed by atoms with Crippen LogP contribution in [0.2, 0.25) is 5.02 Å². The van der Waals surface area contributed by atoms with Crippen LogP contribution in [0.4, 0.5) is 0 Å². The standard InChI is InChI=1S/C20H23ClN2O5S/c1-20(2,3)28-18(24)13-23-29(26,27)17-10-4-14(5-11-17)12-22-19(25)15-6-8-16(21)9-7-15/h4-11,23H,12-13H2,1-3H3,(H,22,25). The van der Waals surface area contributed by atoms with E-state index in [0.29, 0.717) is 10.6 Å². The molecule has 1 amide bonds. The fourth-order valence-electron chi connectivity index (χ4n) is 2.29. The van der Waals surface area contributed by atoms with Gasteiger partial charge in [-0.3, -0.25) is 9.59 Å². The molecule has 9 heteroatoms. The lowest BCUT2D eigenvalue weighted by Gasteiger charge is -2.19. The molecule has 0 fully saturated rings. The second kappa shape index (κ2) is 9.39. The van der Waals surface area contributed by atoms with Crippen molar-refractivity contribution in [2.24, 2.45) is 0 Å². The van der Waals surface area contributed by atoms with Crippen molar-refractivity contribution in [2.45, 2.75) is 37.8 Å². The van der Waals surface area contributed by atoms with E-state index >= 15 is 0 Å². The van der Waals surface area contributed by atoms with Crippen molar-refractivity contribution < 1.29 is 22.7 Å². The van der Waals surface area contributed by atoms with Gasteiger partial charge in [0.05, 0.1) is 4.90 Å². The van der Waals surface area contributed by atoms with Gasteiger partial charge in [-0.15, -0.1) is 0 Å². The summed E-state index contributed by atoms with van der Waals surface area (Å²) in [5.41, 5.74) is 0.499. The quantitative estimate of drug-likeness (QED) is 0.647. The number of esters is 1. The molecule has 0 aromatic heterocycles. The summed E-state index contributed by atoms with van der Waals surface area (Å²) in [6.45, 7) is 4.86. The van der Waals surface area contributed by atoms with Crippen molar-refractivity contribution >= 4 is 33.5 Å². The molecule has 0 unspecified atom stereocenters. The summed E-state index contributed by atoms with van der Waals surface area (Å²) in [5, 5.41) is 3.29. The Labute approximate surface area is 175 Å². The van der Waals surface area contributed by atoms with Gasteiger partial charge in [0.1, 0.15) is 12.1 Å². The molecule has 2 aromatic carbocycles. The van der Waals surface area contributed by atoms with E-state index in [-0.39, 0.29) is 17.3 Å². The Hall–Kier alpha value is -2.42. The minimum atomic E-state index is -3.86. The average molecular weight is 439 g/mol. The first-order valence-electron chi connectivity index (χ1n) is 8.80. The number of ether oxygens (including phenoxy) is 1. The van der Waals surface area contributed by atoms with Crippen LogP contribution < -0.4 is 10.0 Å². The average Bonchev–Trinajstić information content (AvgIpc) is 2.64. The summed E-state index contributed by atoms with van der Waals surface area (Å²) in [7, 11) is -3.86. The molecular weight excluding hydrogens is 416 g/mol. The Bertz CT molecular complexity index is 965. The predicted octanol–water partition coefficient (Wildman–Crippen LogP) is 2.89. The summed E-state index contributed by atoms with van der Waals surface area (Å²) in [4.78, 5) is 23.8. The van der Waals surface area contributed by atoms with Crippen LogP contribution in [0.1, 0.15) is 36.7 Å². The van der Waals surface area contributed by atoms with Gasteiger partial charge in [-0.1, -0.05) is 23.7 Å². The maximum atomic E-state index is 12.3. The van der Waals surface area contributed by atoms with E-state index in [1.54, 1.807) is 57.2 Å². The third kappa shape index (κ3) is 7.49. The molecule has 7 nitrogen and oxygen atoms in total. The fraction of sp³-hybridized carbons (Fsp3) is 0.300. The highest BCUT2D eigenvalue weighted by molar-refractivity contribution is 7.89. The molecule has 0 aliphatic rings. The van der Waals surface area contributed by atoms with Gasteiger partial charge in [-0.25, -0.2) is 8.42 Å². The zero-order valence-corrected chi connectivity index (χ0v) is 17.9. The summed E-state index contributed by atoms with van der Waals surface area (Å²) in [6.07, 6.45) is 0. The third-order valence-corrected chi connectivity index (χ3v) is 5.29. The van der Waals surface area contributed by atoms with Crippen LogP contribution in [-0.4, -0.2) is 32.4 Å². The largest absolute Gasteiger partial charge is 0.459 e. The minimum absolute atomic E-state index is 0.00818. The first-order chi connectivity index (χ1) is 13.5. The third-order valence-electron chi connectivity index (χ3n) is 3.62. The van der Waals surface area contributed by atoms with Crippen LogP contribution in [0.5, 0.6) is 0 Å². The Morgan fingerprint density at radius 1 is 1.00 bits per heavy atom. The normalized spacial score (nSPS) is 11.7. The molecule has 0 bridgehead atoms. The predicted molar refractivity (Wildman–Crippen MR) is 110 cm³/mol. The number of benzene rings is 2. The van der Waals surface area contributed by atoms with Crippen molar-refractivity contribution in [3.05, 3.63) is 64.7 Å². The highest BCUT2D eigenvalue weighted by Crippen LogP contribution is 2.12. The van der Waals surface area contributed by atoms with E-state index in [2.05, 4.69) is 10.0 Å². The zero-order chi connectivity index (χ0) is 21.7. The number of nitrogens with one attached hydrogen (secondary N) is 2. The van der Waals surface area contributed by atoms with Crippen molar-refractivity contribution in [3.63, 3.8) is 0 Å². The number of carbonyl (C=O) groups excluding carboxylic acids is 2. The fourth-order valence-corrected chi connectivity index (χ4v) is 3.38. The molecular formula is C20H23ClN2O5S. The van der Waals surface area contributed by atoms with Gasteiger partial charge in [0, 0.05) is 17.1 Å². The monoisotopic (exact) mass is 438 g/mol. The summed E-state index contributed by atoms with van der Waals surface area (Å²) in [5.74, 6) is -0.931. The maximum absolute atomic E-state index is 12.3. The van der Waals surface area contributed by atoms with E-state index in [0.717, 1.165) is 5.56 Å². The Morgan fingerprint density at radius 2 is 1.59 bits per heavy atom. The molecule has 0 radical (unpaired) electrons. The molecule has 0 atom stereocenters. The topological polar surface area (TPSA) is 102 Å². The molecule has 2 N–H and O–H groups in total. The number of rotatable bonds is 7. The molecule has 0 saturated carbocycles. The molecule has 29 heavy (non-hydrogen) atoms. The molecule has 0 spiro atoms. The Balaban J connectivity index is 1.92. The zero-order valence-electron chi connectivity index (χ0n) is 16.4. The van der Waals surface area contributed by atoms with E-state index in [9.17, 15) is 18.0 Å². The van der Waals surface area contributed by atoms with Gasteiger partial charge < -0.3 is 10.1 Å². The lowest BCUT2D eigenvalue weighted by atomic mass is 10.2. The van der Waals surface area contributed by atoms with Crippen LogP contribution in [-0.2, 0) is 26.1 Å². The van der Waals surface area contributed by atoms with E-state index < -0.39 is 28.1 Å². The van der Waals surface area contributed by atoms with Crippen LogP contribution in [0.3, 0.4) is 0 Å². The number of sulfonamides is 1. The van der Waals surface area contributed by atoms with Crippen LogP contribution >= 0.6 is 11.6 Å². The highest BCUT2D eigenvalue weighted by Gasteiger charge is 2.20. The number of amides is 1. The summed E-state index contributed by atoms with van der Waals surface area (Å²) in [6, 6.07) is 12.5. The van der Waals surface area contributed by atoms with Gasteiger partial charge in [0.15, 0.2) is 0 Å². The first kappa shape index (κ1) is 22.9. The van der Waals surface area contributed by atoms with Crippen molar-refractivity contribution in [2.75, 3.05) is 6.54 Å². The molecule has 0 saturated heterocycles. The first-order valence-corrected chi connectivity index (χ1v) is 10.7. The van der Waals surface area contributed by atoms with Crippen molar-refractivity contribution in [1.29, 1.82) is 0 Å². The van der Waals surface area contributed by atoms with Gasteiger partial charge in [0.2, 0.25) is 10.0 Å². The number of hydrogen-bond donors (Lipinski definition) is 2. The van der Waals surface area contributed by atoms with E-state index in [1.807, 2.05) is 0 Å². The maximum Gasteiger partial charge on any atom is 0.321 e. The lowest BCUT2D eigenvalue weighted by molar-refractivity contribution is -0.153. The van der Waals surface area contributed by atoms with Gasteiger partial charge in [-0.05, 0) is 62.7 Å². The molecule has 156 valence electrons. The molecule has 0 aliphatic carbocycles. The molecule has 0 aliphatic heterocycles. The number of halogens is 1. The minimum Gasteiger partial charge on any atom is -0.459 e. The summed E-state index contributed by atoms with van der Waals surface area (Å²) >= 11 is 5.80. The van der Waals surface area contributed by atoms with Crippen molar-refractivity contribution in [1.82, 2.24) is 10.0 Å². The Morgan fingerprint density at radius 3 is 2.14 bits per heavy atom. The summed E-state index contributed by atoms with van der Waals surface area (Å²) < 4.78 is 31.9. The van der Waals surface area contributed by atoms with Gasteiger partial charge in [0.25, 0.3) is 5.91 Å². The van der Waals surface area contributed by atoms with Crippen LogP contribution in [0.25, 0.3) is 0 Å².